The number of rotatable bonds is 6. The Morgan fingerprint density at radius 1 is 1.29 bits per heavy atom. The largest absolute Gasteiger partial charge is 0.416 e. The van der Waals surface area contributed by atoms with Crippen molar-refractivity contribution in [2.24, 2.45) is 0 Å². The van der Waals surface area contributed by atoms with E-state index < -0.39 is 18.2 Å². The first kappa shape index (κ1) is 17.8. The first-order valence-electron chi connectivity index (χ1n) is 6.93. The number of hydrogen-bond acceptors (Lipinski definition) is 6. The molecule has 1 aromatic carbocycles. The summed E-state index contributed by atoms with van der Waals surface area (Å²) < 4.78 is 42.7. The van der Waals surface area contributed by atoms with Crippen molar-refractivity contribution in [3.63, 3.8) is 0 Å². The average Bonchev–Trinajstić information content (AvgIpc) is 2.54. The zero-order valence-corrected chi connectivity index (χ0v) is 12.8. The molecule has 0 spiro atoms. The molecule has 1 heterocycles. The molecule has 0 bridgehead atoms. The van der Waals surface area contributed by atoms with Crippen LogP contribution in [0.25, 0.3) is 0 Å². The Morgan fingerprint density at radius 2 is 2.04 bits per heavy atom. The van der Waals surface area contributed by atoms with Gasteiger partial charge in [-0.25, -0.2) is 4.98 Å². The van der Waals surface area contributed by atoms with Crippen LogP contribution in [0.4, 0.5) is 30.5 Å². The maximum absolute atomic E-state index is 12.7. The first-order valence-corrected chi connectivity index (χ1v) is 6.93. The van der Waals surface area contributed by atoms with Crippen molar-refractivity contribution in [3.8, 4) is 0 Å². The molecule has 1 aromatic heterocycles. The predicted octanol–water partition coefficient (Wildman–Crippen LogP) is 2.63. The molecule has 0 amide bonds. The van der Waals surface area contributed by atoms with E-state index in [4.69, 9.17) is 5.73 Å². The van der Waals surface area contributed by atoms with Gasteiger partial charge >= 0.3 is 6.18 Å². The van der Waals surface area contributed by atoms with Gasteiger partial charge in [-0.15, -0.1) is 0 Å². The number of aliphatic hydroxyl groups excluding tert-OH is 1. The molecule has 1 atom stereocenters. The second-order valence-electron chi connectivity index (χ2n) is 4.91. The Morgan fingerprint density at radius 3 is 2.67 bits per heavy atom. The molecule has 6 nitrogen and oxygen atoms in total. The smallest absolute Gasteiger partial charge is 0.382 e. The summed E-state index contributed by atoms with van der Waals surface area (Å²) in [6, 6.07) is 8.16. The number of nitrogens with one attached hydrogen (secondary N) is 2. The summed E-state index contributed by atoms with van der Waals surface area (Å²) in [6.07, 6.45) is -5.60. The van der Waals surface area contributed by atoms with Crippen molar-refractivity contribution in [2.75, 3.05) is 23.5 Å². The number of alkyl halides is 3. The maximum atomic E-state index is 12.7. The monoisotopic (exact) mass is 342 g/mol. The van der Waals surface area contributed by atoms with Crippen molar-refractivity contribution in [1.82, 2.24) is 4.98 Å². The number of hydrogen-bond donors (Lipinski definition) is 4. The molecule has 1 unspecified atom stereocenters. The van der Waals surface area contributed by atoms with Crippen molar-refractivity contribution in [2.45, 2.75) is 19.1 Å². The molecule has 5 N–H and O–H groups in total. The van der Waals surface area contributed by atoms with Crippen LogP contribution in [0.5, 0.6) is 0 Å². The number of nitrogens with two attached hydrogens (primary N) is 1. The van der Waals surface area contributed by atoms with E-state index in [9.17, 15) is 18.3 Å². The standard InChI is InChI=1S/C15H17F3N4O2/c1-24-14(23)21-11-5-6-12(22-13(11)19)20-8-9-3-2-4-10(7-9)15(16,17)18/h2-7,14,21,23H,8H2,1H3,(H3,19,20,22). The van der Waals surface area contributed by atoms with E-state index in [0.29, 0.717) is 17.1 Å². The number of aliphatic hydroxyl groups is 1. The number of pyridine rings is 1. The van der Waals surface area contributed by atoms with Crippen LogP contribution >= 0.6 is 0 Å². The molecule has 0 fully saturated rings. The Labute approximate surface area is 136 Å². The summed E-state index contributed by atoms with van der Waals surface area (Å²) in [5.74, 6) is 0.502. The van der Waals surface area contributed by atoms with Crippen LogP contribution in [0, 0.1) is 0 Å². The van der Waals surface area contributed by atoms with E-state index >= 15 is 0 Å². The molecular weight excluding hydrogens is 325 g/mol. The van der Waals surface area contributed by atoms with Gasteiger partial charge in [0.25, 0.3) is 0 Å². The van der Waals surface area contributed by atoms with Gasteiger partial charge in [-0.3, -0.25) is 0 Å². The zero-order valence-electron chi connectivity index (χ0n) is 12.8. The highest BCUT2D eigenvalue weighted by Gasteiger charge is 2.30. The Balaban J connectivity index is 2.03. The fourth-order valence-electron chi connectivity index (χ4n) is 1.94. The lowest BCUT2D eigenvalue weighted by molar-refractivity contribution is -0.137. The maximum Gasteiger partial charge on any atom is 0.416 e. The molecule has 0 saturated heterocycles. The minimum absolute atomic E-state index is 0.111. The van der Waals surface area contributed by atoms with Crippen molar-refractivity contribution in [3.05, 3.63) is 47.5 Å². The number of methoxy groups -OCH3 is 1. The fraction of sp³-hybridized carbons (Fsp3) is 0.267. The third kappa shape index (κ3) is 4.74. The van der Waals surface area contributed by atoms with E-state index in [2.05, 4.69) is 20.4 Å². The quantitative estimate of drug-likeness (QED) is 0.603. The Kier molecular flexibility index (Phi) is 5.47. The highest BCUT2D eigenvalue weighted by Crippen LogP contribution is 2.29. The number of aromatic nitrogens is 1. The molecular formula is C15H17F3N4O2. The Bertz CT molecular complexity index is 695. The number of nitrogen functional groups attached to an aromatic ring is 1. The number of halogens is 3. The topological polar surface area (TPSA) is 92.4 Å². The molecule has 0 aliphatic heterocycles. The Hall–Kier alpha value is -2.52. The first-order chi connectivity index (χ1) is 11.3. The number of anilines is 3. The summed E-state index contributed by atoms with van der Waals surface area (Å²) >= 11 is 0. The van der Waals surface area contributed by atoms with Crippen LogP contribution in [-0.4, -0.2) is 23.6 Å². The molecule has 2 aromatic rings. The SMILES string of the molecule is COC(O)Nc1ccc(NCc2cccc(C(F)(F)F)c2)nc1N. The lowest BCUT2D eigenvalue weighted by atomic mass is 10.1. The van der Waals surface area contributed by atoms with Gasteiger partial charge in [-0.2, -0.15) is 13.2 Å². The minimum Gasteiger partial charge on any atom is -0.382 e. The third-order valence-electron chi connectivity index (χ3n) is 3.15. The van der Waals surface area contributed by atoms with Gasteiger partial charge in [0.1, 0.15) is 11.6 Å². The van der Waals surface area contributed by atoms with Gasteiger partial charge in [0.2, 0.25) is 6.41 Å². The van der Waals surface area contributed by atoms with Crippen molar-refractivity contribution >= 4 is 17.3 Å². The predicted molar refractivity (Wildman–Crippen MR) is 84.1 cm³/mol. The third-order valence-corrected chi connectivity index (χ3v) is 3.15. The fourth-order valence-corrected chi connectivity index (χ4v) is 1.94. The molecule has 0 aliphatic carbocycles. The molecule has 9 heteroatoms. The van der Waals surface area contributed by atoms with Crippen LogP contribution in [0.3, 0.4) is 0 Å². The average molecular weight is 342 g/mol. The molecule has 24 heavy (non-hydrogen) atoms. The molecule has 0 radical (unpaired) electrons. The second kappa shape index (κ2) is 7.37. The molecule has 0 aliphatic rings. The van der Waals surface area contributed by atoms with E-state index in [1.807, 2.05) is 0 Å². The van der Waals surface area contributed by atoms with Gasteiger partial charge < -0.3 is 26.2 Å². The summed E-state index contributed by atoms with van der Waals surface area (Å²) in [7, 11) is 1.31. The van der Waals surface area contributed by atoms with Crippen LogP contribution in [0.1, 0.15) is 11.1 Å². The normalized spacial score (nSPS) is 12.7. The lowest BCUT2D eigenvalue weighted by Gasteiger charge is -2.14. The summed E-state index contributed by atoms with van der Waals surface area (Å²) in [4.78, 5) is 4.06. The molecule has 0 saturated carbocycles. The number of ether oxygens (including phenoxy) is 1. The summed E-state index contributed by atoms with van der Waals surface area (Å²) in [5, 5.41) is 14.8. The lowest BCUT2D eigenvalue weighted by Crippen LogP contribution is -2.21. The van der Waals surface area contributed by atoms with Crippen molar-refractivity contribution in [1.29, 1.82) is 0 Å². The van der Waals surface area contributed by atoms with E-state index in [-0.39, 0.29) is 12.4 Å². The van der Waals surface area contributed by atoms with Crippen LogP contribution < -0.4 is 16.4 Å². The van der Waals surface area contributed by atoms with Gasteiger partial charge in [0.05, 0.1) is 11.3 Å². The molecule has 2 rings (SSSR count). The van der Waals surface area contributed by atoms with Gasteiger partial charge in [-0.1, -0.05) is 12.1 Å². The molecule has 130 valence electrons. The van der Waals surface area contributed by atoms with Crippen LogP contribution in [-0.2, 0) is 17.5 Å². The van der Waals surface area contributed by atoms with Crippen LogP contribution in [0.2, 0.25) is 0 Å². The van der Waals surface area contributed by atoms with E-state index in [1.165, 1.54) is 13.2 Å². The number of nitrogens with zero attached hydrogens (tertiary/aromatic N) is 1. The highest BCUT2D eigenvalue weighted by molar-refractivity contribution is 5.64. The second-order valence-corrected chi connectivity index (χ2v) is 4.91. The van der Waals surface area contributed by atoms with Gasteiger partial charge in [-0.05, 0) is 29.8 Å². The van der Waals surface area contributed by atoms with E-state index in [1.54, 1.807) is 18.2 Å². The zero-order chi connectivity index (χ0) is 17.7. The van der Waals surface area contributed by atoms with Gasteiger partial charge in [0.15, 0.2) is 0 Å². The summed E-state index contributed by atoms with van der Waals surface area (Å²) in [6.45, 7) is 0.157. The van der Waals surface area contributed by atoms with Crippen LogP contribution in [0.15, 0.2) is 36.4 Å². The van der Waals surface area contributed by atoms with Crippen molar-refractivity contribution < 1.29 is 23.0 Å². The van der Waals surface area contributed by atoms with E-state index in [0.717, 1.165) is 12.1 Å². The number of benzene rings is 1. The summed E-state index contributed by atoms with van der Waals surface area (Å²) in [5.41, 5.74) is 5.87. The van der Waals surface area contributed by atoms with Gasteiger partial charge in [0, 0.05) is 13.7 Å². The minimum atomic E-state index is -4.38. The highest BCUT2D eigenvalue weighted by atomic mass is 19.4.